The summed E-state index contributed by atoms with van der Waals surface area (Å²) in [6.45, 7) is 6.56. The Morgan fingerprint density at radius 2 is 0.520 bits per heavy atom. The summed E-state index contributed by atoms with van der Waals surface area (Å²) in [4.78, 5) is 38.4. The first kappa shape index (κ1) is 71.8. The number of rotatable bonds is 59. The van der Waals surface area contributed by atoms with Crippen molar-refractivity contribution in [2.75, 3.05) is 13.2 Å². The zero-order valence-corrected chi connectivity index (χ0v) is 49.8. The smallest absolute Gasteiger partial charge is 0.306 e. The van der Waals surface area contributed by atoms with Crippen LogP contribution in [0.4, 0.5) is 0 Å². The highest BCUT2D eigenvalue weighted by Crippen LogP contribution is 2.17. The minimum Gasteiger partial charge on any atom is -0.462 e. The van der Waals surface area contributed by atoms with E-state index in [9.17, 15) is 14.4 Å². The molecule has 0 saturated heterocycles. The Bertz CT molecular complexity index is 1390. The molecule has 0 fully saturated rings. The fraction of sp³-hybridized carbons (Fsp3) is 0.783. The second-order valence-corrected chi connectivity index (χ2v) is 21.6. The third-order valence-electron chi connectivity index (χ3n) is 14.2. The standard InChI is InChI=1S/C69H122O6/c1-4-7-10-13-16-19-22-25-28-31-32-33-34-35-36-39-41-44-47-50-53-56-59-62-68(71)74-65-66(75-69(72)63-60-57-54-51-48-45-42-38-30-27-24-21-18-15-12-9-6-3)64-73-67(70)61-58-55-52-49-46-43-40-37-29-26-23-20-17-14-11-8-5-2/h7,10,16,19,25,27-28,30,32-33,35-36,66H,4-6,8-9,11-15,17-18,20-24,26,29,31,34,37-65H2,1-3H3/b10-7-,19-16-,28-25-,30-27-,33-32-,36-35-. The van der Waals surface area contributed by atoms with Gasteiger partial charge in [0.15, 0.2) is 6.10 Å². The largest absolute Gasteiger partial charge is 0.462 e. The van der Waals surface area contributed by atoms with Crippen molar-refractivity contribution in [1.82, 2.24) is 0 Å². The molecule has 0 heterocycles. The Hall–Kier alpha value is -3.15. The molecule has 0 radical (unpaired) electrons. The number of esters is 3. The maximum Gasteiger partial charge on any atom is 0.306 e. The van der Waals surface area contributed by atoms with Crippen LogP contribution in [0, 0.1) is 0 Å². The van der Waals surface area contributed by atoms with Crippen molar-refractivity contribution in [1.29, 1.82) is 0 Å². The van der Waals surface area contributed by atoms with Crippen molar-refractivity contribution in [2.45, 2.75) is 335 Å². The van der Waals surface area contributed by atoms with Gasteiger partial charge in [0.2, 0.25) is 0 Å². The van der Waals surface area contributed by atoms with Crippen LogP contribution in [0.1, 0.15) is 329 Å². The zero-order valence-electron chi connectivity index (χ0n) is 49.8. The number of unbranched alkanes of at least 4 members (excludes halogenated alkanes) is 36. The van der Waals surface area contributed by atoms with E-state index in [0.717, 1.165) is 96.3 Å². The lowest BCUT2D eigenvalue weighted by atomic mass is 10.0. The molecule has 0 saturated carbocycles. The molecular weight excluding hydrogens is 925 g/mol. The molecule has 0 amide bonds. The highest BCUT2D eigenvalue weighted by atomic mass is 16.6. The van der Waals surface area contributed by atoms with Crippen LogP contribution in [-0.2, 0) is 28.6 Å². The Morgan fingerprint density at radius 1 is 0.280 bits per heavy atom. The summed E-state index contributed by atoms with van der Waals surface area (Å²) in [5.41, 5.74) is 0. The van der Waals surface area contributed by atoms with E-state index < -0.39 is 6.10 Å². The Labute approximate surface area is 465 Å². The van der Waals surface area contributed by atoms with Crippen molar-refractivity contribution in [3.63, 3.8) is 0 Å². The van der Waals surface area contributed by atoms with E-state index in [1.165, 1.54) is 193 Å². The summed E-state index contributed by atoms with van der Waals surface area (Å²) >= 11 is 0. The molecule has 0 N–H and O–H groups in total. The van der Waals surface area contributed by atoms with Crippen LogP contribution in [0.15, 0.2) is 72.9 Å². The molecule has 1 atom stereocenters. The van der Waals surface area contributed by atoms with E-state index in [0.29, 0.717) is 19.3 Å². The molecule has 75 heavy (non-hydrogen) atoms. The summed E-state index contributed by atoms with van der Waals surface area (Å²) in [5, 5.41) is 0. The first-order valence-corrected chi connectivity index (χ1v) is 32.4. The minimum atomic E-state index is -0.782. The van der Waals surface area contributed by atoms with Crippen molar-refractivity contribution in [3.05, 3.63) is 72.9 Å². The lowest BCUT2D eigenvalue weighted by molar-refractivity contribution is -0.167. The van der Waals surface area contributed by atoms with Crippen LogP contribution >= 0.6 is 0 Å². The molecule has 0 aliphatic heterocycles. The number of hydrogen-bond acceptors (Lipinski definition) is 6. The van der Waals surface area contributed by atoms with Gasteiger partial charge in [-0.3, -0.25) is 14.4 Å². The molecule has 0 bridgehead atoms. The molecule has 0 aromatic carbocycles. The summed E-state index contributed by atoms with van der Waals surface area (Å²) in [5.74, 6) is -0.875. The second kappa shape index (κ2) is 63.4. The third-order valence-corrected chi connectivity index (χ3v) is 14.2. The zero-order chi connectivity index (χ0) is 54.3. The Balaban J connectivity index is 4.37. The predicted molar refractivity (Wildman–Crippen MR) is 325 cm³/mol. The summed E-state index contributed by atoms with van der Waals surface area (Å²) in [6, 6.07) is 0. The normalized spacial score (nSPS) is 12.5. The maximum absolute atomic E-state index is 12.9. The van der Waals surface area contributed by atoms with Gasteiger partial charge in [-0.2, -0.15) is 0 Å². The van der Waals surface area contributed by atoms with Crippen molar-refractivity contribution >= 4 is 17.9 Å². The highest BCUT2D eigenvalue weighted by Gasteiger charge is 2.19. The van der Waals surface area contributed by atoms with Crippen molar-refractivity contribution in [2.24, 2.45) is 0 Å². The van der Waals surface area contributed by atoms with E-state index in [-0.39, 0.29) is 31.1 Å². The molecule has 0 rings (SSSR count). The first-order chi connectivity index (χ1) is 37.0. The van der Waals surface area contributed by atoms with Gasteiger partial charge in [-0.1, -0.05) is 293 Å². The van der Waals surface area contributed by atoms with E-state index in [2.05, 4.69) is 93.7 Å². The maximum atomic E-state index is 12.9. The van der Waals surface area contributed by atoms with Gasteiger partial charge in [0, 0.05) is 19.3 Å². The summed E-state index contributed by atoms with van der Waals surface area (Å²) in [7, 11) is 0. The quantitative estimate of drug-likeness (QED) is 0.0261. The number of hydrogen-bond donors (Lipinski definition) is 0. The van der Waals surface area contributed by atoms with Gasteiger partial charge >= 0.3 is 17.9 Å². The second-order valence-electron chi connectivity index (χ2n) is 21.6. The molecule has 0 spiro atoms. The Kier molecular flexibility index (Phi) is 60.7. The molecule has 6 nitrogen and oxygen atoms in total. The van der Waals surface area contributed by atoms with Gasteiger partial charge in [0.05, 0.1) is 0 Å². The molecule has 0 aliphatic rings. The number of allylic oxidation sites excluding steroid dienone is 12. The fourth-order valence-corrected chi connectivity index (χ4v) is 9.35. The number of carbonyl (C=O) groups excluding carboxylic acids is 3. The van der Waals surface area contributed by atoms with Gasteiger partial charge in [-0.05, 0) is 89.9 Å². The van der Waals surface area contributed by atoms with E-state index in [4.69, 9.17) is 14.2 Å². The third kappa shape index (κ3) is 61.6. The Morgan fingerprint density at radius 3 is 0.827 bits per heavy atom. The minimum absolute atomic E-state index is 0.0773. The monoisotopic (exact) mass is 1050 g/mol. The fourth-order valence-electron chi connectivity index (χ4n) is 9.35. The van der Waals surface area contributed by atoms with Gasteiger partial charge in [-0.25, -0.2) is 0 Å². The lowest BCUT2D eigenvalue weighted by Crippen LogP contribution is -2.30. The van der Waals surface area contributed by atoms with Crippen LogP contribution in [0.3, 0.4) is 0 Å². The van der Waals surface area contributed by atoms with Crippen molar-refractivity contribution < 1.29 is 28.6 Å². The van der Waals surface area contributed by atoms with Crippen molar-refractivity contribution in [3.8, 4) is 0 Å². The topological polar surface area (TPSA) is 78.9 Å². The van der Waals surface area contributed by atoms with Gasteiger partial charge in [0.25, 0.3) is 0 Å². The number of ether oxygens (including phenoxy) is 3. The highest BCUT2D eigenvalue weighted by molar-refractivity contribution is 5.71. The lowest BCUT2D eigenvalue weighted by Gasteiger charge is -2.18. The molecule has 434 valence electrons. The van der Waals surface area contributed by atoms with Crippen LogP contribution in [0.5, 0.6) is 0 Å². The summed E-state index contributed by atoms with van der Waals surface area (Å²) < 4.78 is 16.9. The molecule has 0 aromatic heterocycles. The molecular formula is C69H122O6. The van der Waals surface area contributed by atoms with Crippen LogP contribution in [-0.4, -0.2) is 37.2 Å². The average Bonchev–Trinajstić information content (AvgIpc) is 3.41. The molecule has 0 aromatic rings. The summed E-state index contributed by atoms with van der Waals surface area (Å²) in [6.07, 6.45) is 81.8. The predicted octanol–water partition coefficient (Wildman–Crippen LogP) is 22.1. The van der Waals surface area contributed by atoms with Gasteiger partial charge in [-0.15, -0.1) is 0 Å². The average molecular weight is 1050 g/mol. The van der Waals surface area contributed by atoms with E-state index in [1.807, 2.05) is 0 Å². The van der Waals surface area contributed by atoms with E-state index in [1.54, 1.807) is 0 Å². The SMILES string of the molecule is CC/C=C\C/C=C\C/C=C\C/C=C\C/C=C\CCCCCCCCCC(=O)OCC(COC(=O)CCCCCCCCCCCCCCCCCCC)OC(=O)CCCCCCCCC/C=C\CCCCCCCC. The van der Waals surface area contributed by atoms with Crippen LogP contribution < -0.4 is 0 Å². The van der Waals surface area contributed by atoms with Gasteiger partial charge < -0.3 is 14.2 Å². The molecule has 6 heteroatoms. The first-order valence-electron chi connectivity index (χ1n) is 32.4. The molecule has 0 aliphatic carbocycles. The van der Waals surface area contributed by atoms with Crippen LogP contribution in [0.2, 0.25) is 0 Å². The molecule has 1 unspecified atom stereocenters. The van der Waals surface area contributed by atoms with Gasteiger partial charge in [0.1, 0.15) is 13.2 Å². The number of carbonyl (C=O) groups is 3. The van der Waals surface area contributed by atoms with E-state index >= 15 is 0 Å². The van der Waals surface area contributed by atoms with Crippen LogP contribution in [0.25, 0.3) is 0 Å².